The Morgan fingerprint density at radius 1 is 0.967 bits per heavy atom. The van der Waals surface area contributed by atoms with Crippen LogP contribution in [0, 0.1) is 0 Å². The number of carbonyl (C=O) groups is 3. The Morgan fingerprint density at radius 3 is 2.33 bits per heavy atom. The van der Waals surface area contributed by atoms with E-state index in [-0.39, 0.29) is 31.3 Å². The van der Waals surface area contributed by atoms with Crippen molar-refractivity contribution in [1.29, 1.82) is 0 Å². The van der Waals surface area contributed by atoms with E-state index in [1.807, 2.05) is 24.3 Å². The smallest absolute Gasteiger partial charge is 0.407 e. The molecular formula is C22H26BrN3O4. The molecule has 0 radical (unpaired) electrons. The van der Waals surface area contributed by atoms with Crippen LogP contribution >= 0.6 is 15.9 Å². The lowest BCUT2D eigenvalue weighted by molar-refractivity contribution is -0.121. The molecule has 0 aliphatic carbocycles. The van der Waals surface area contributed by atoms with Crippen molar-refractivity contribution in [3.63, 3.8) is 0 Å². The molecule has 3 amide bonds. The summed E-state index contributed by atoms with van der Waals surface area (Å²) in [5.41, 5.74) is 1.32. The molecule has 2 aromatic carbocycles. The highest BCUT2D eigenvalue weighted by Gasteiger charge is 2.16. The molecule has 2 rings (SSSR count). The second kappa shape index (κ2) is 10.8. The fourth-order valence-electron chi connectivity index (χ4n) is 2.51. The van der Waals surface area contributed by atoms with Gasteiger partial charge in [-0.2, -0.15) is 0 Å². The van der Waals surface area contributed by atoms with Gasteiger partial charge >= 0.3 is 6.09 Å². The van der Waals surface area contributed by atoms with Gasteiger partial charge in [-0.15, -0.1) is 0 Å². The highest BCUT2D eigenvalue weighted by atomic mass is 79.9. The maximum atomic E-state index is 12.5. The van der Waals surface area contributed by atoms with Crippen LogP contribution in [0.1, 0.15) is 43.1 Å². The van der Waals surface area contributed by atoms with Crippen LogP contribution in [0.3, 0.4) is 0 Å². The number of halogens is 1. The predicted molar refractivity (Wildman–Crippen MR) is 119 cm³/mol. The number of carbonyl (C=O) groups excluding carboxylic acids is 3. The molecule has 160 valence electrons. The number of ether oxygens (including phenoxy) is 1. The van der Waals surface area contributed by atoms with Crippen molar-refractivity contribution in [2.24, 2.45) is 0 Å². The molecule has 0 aromatic heterocycles. The summed E-state index contributed by atoms with van der Waals surface area (Å²) in [4.78, 5) is 36.2. The van der Waals surface area contributed by atoms with E-state index in [1.54, 1.807) is 45.0 Å². The van der Waals surface area contributed by atoms with Gasteiger partial charge in [-0.25, -0.2) is 4.79 Å². The minimum atomic E-state index is -0.587. The van der Waals surface area contributed by atoms with Gasteiger partial charge in [-0.1, -0.05) is 30.3 Å². The van der Waals surface area contributed by atoms with E-state index >= 15 is 0 Å². The molecular weight excluding hydrogens is 450 g/mol. The van der Waals surface area contributed by atoms with E-state index in [2.05, 4.69) is 31.9 Å². The first-order chi connectivity index (χ1) is 14.2. The summed E-state index contributed by atoms with van der Waals surface area (Å²) in [6.45, 7) is 5.73. The van der Waals surface area contributed by atoms with Crippen molar-refractivity contribution in [2.45, 2.75) is 39.3 Å². The van der Waals surface area contributed by atoms with Gasteiger partial charge < -0.3 is 20.7 Å². The highest BCUT2D eigenvalue weighted by Crippen LogP contribution is 2.20. The van der Waals surface area contributed by atoms with E-state index in [0.29, 0.717) is 15.7 Å². The van der Waals surface area contributed by atoms with Crippen molar-refractivity contribution in [3.8, 4) is 0 Å². The number of para-hydroxylation sites is 1. The molecule has 3 N–H and O–H groups in total. The summed E-state index contributed by atoms with van der Waals surface area (Å²) in [6.07, 6.45) is -0.444. The fraction of sp³-hybridized carbons (Fsp3) is 0.318. The number of alkyl carbamates (subject to hydrolysis) is 1. The average molecular weight is 476 g/mol. The largest absolute Gasteiger partial charge is 0.444 e. The second-order valence-corrected chi connectivity index (χ2v) is 8.40. The number of hydrogen-bond donors (Lipinski definition) is 3. The molecule has 2 aromatic rings. The van der Waals surface area contributed by atoms with Crippen LogP contribution in [-0.4, -0.2) is 30.1 Å². The first kappa shape index (κ1) is 23.4. The summed E-state index contributed by atoms with van der Waals surface area (Å²) in [6, 6.07) is 14.4. The molecule has 0 aliphatic rings. The molecule has 0 saturated heterocycles. The fourth-order valence-corrected chi connectivity index (χ4v) is 2.97. The molecule has 0 heterocycles. The Morgan fingerprint density at radius 2 is 1.63 bits per heavy atom. The van der Waals surface area contributed by atoms with Crippen LogP contribution in [0.2, 0.25) is 0 Å². The lowest BCUT2D eigenvalue weighted by Gasteiger charge is -2.19. The zero-order valence-corrected chi connectivity index (χ0v) is 18.8. The van der Waals surface area contributed by atoms with Crippen LogP contribution in [0.15, 0.2) is 53.0 Å². The molecule has 0 bridgehead atoms. The van der Waals surface area contributed by atoms with Crippen molar-refractivity contribution in [2.75, 3.05) is 11.9 Å². The van der Waals surface area contributed by atoms with Gasteiger partial charge in [-0.05, 0) is 60.5 Å². The van der Waals surface area contributed by atoms with Crippen molar-refractivity contribution >= 4 is 39.5 Å². The summed E-state index contributed by atoms with van der Waals surface area (Å²) >= 11 is 3.37. The van der Waals surface area contributed by atoms with Gasteiger partial charge in [0.15, 0.2) is 0 Å². The van der Waals surface area contributed by atoms with E-state index in [9.17, 15) is 14.4 Å². The molecule has 0 aliphatic heterocycles. The normalized spacial score (nSPS) is 10.8. The average Bonchev–Trinajstić information content (AvgIpc) is 2.66. The zero-order chi connectivity index (χ0) is 22.1. The lowest BCUT2D eigenvalue weighted by atomic mass is 10.1. The topological polar surface area (TPSA) is 96.5 Å². The molecule has 8 heteroatoms. The van der Waals surface area contributed by atoms with Crippen LogP contribution in [0.4, 0.5) is 10.5 Å². The standard InChI is InChI=1S/C22H26BrN3O4/c1-22(2,3)30-21(29)24-13-12-19(27)25-14-15-8-4-7-11-18(15)26-20(28)16-9-5-6-10-17(16)23/h4-11H,12-14H2,1-3H3,(H,24,29)(H,25,27)(H,26,28). The van der Waals surface area contributed by atoms with Gasteiger partial charge in [0.2, 0.25) is 5.91 Å². The maximum absolute atomic E-state index is 12.5. The third kappa shape index (κ3) is 7.87. The Labute approximate surface area is 184 Å². The first-order valence-corrected chi connectivity index (χ1v) is 10.3. The summed E-state index contributed by atoms with van der Waals surface area (Å²) in [5, 5.41) is 8.22. The Balaban J connectivity index is 1.86. The monoisotopic (exact) mass is 475 g/mol. The SMILES string of the molecule is CC(C)(C)OC(=O)NCCC(=O)NCc1ccccc1NC(=O)c1ccccc1Br. The number of anilines is 1. The summed E-state index contributed by atoms with van der Waals surface area (Å²) < 4.78 is 5.82. The van der Waals surface area contributed by atoms with Gasteiger partial charge in [0.1, 0.15) is 5.60 Å². The molecule has 30 heavy (non-hydrogen) atoms. The van der Waals surface area contributed by atoms with Crippen LogP contribution in [-0.2, 0) is 16.1 Å². The molecule has 7 nitrogen and oxygen atoms in total. The third-order valence-electron chi connectivity index (χ3n) is 3.88. The zero-order valence-electron chi connectivity index (χ0n) is 17.3. The molecule has 0 atom stereocenters. The minimum absolute atomic E-state index is 0.116. The Hall–Kier alpha value is -2.87. The number of benzene rings is 2. The molecule has 0 fully saturated rings. The third-order valence-corrected chi connectivity index (χ3v) is 4.57. The highest BCUT2D eigenvalue weighted by molar-refractivity contribution is 9.10. The van der Waals surface area contributed by atoms with E-state index in [1.165, 1.54) is 0 Å². The molecule has 0 saturated carbocycles. The second-order valence-electron chi connectivity index (χ2n) is 7.55. The summed E-state index contributed by atoms with van der Waals surface area (Å²) in [5.74, 6) is -0.471. The maximum Gasteiger partial charge on any atom is 0.407 e. The van der Waals surface area contributed by atoms with E-state index in [4.69, 9.17) is 4.74 Å². The van der Waals surface area contributed by atoms with Gasteiger partial charge in [-0.3, -0.25) is 9.59 Å². The number of amides is 3. The van der Waals surface area contributed by atoms with Gasteiger partial charge in [0, 0.05) is 29.7 Å². The molecule has 0 unspecified atom stereocenters. The first-order valence-electron chi connectivity index (χ1n) is 9.53. The summed E-state index contributed by atoms with van der Waals surface area (Å²) in [7, 11) is 0. The van der Waals surface area contributed by atoms with E-state index < -0.39 is 11.7 Å². The van der Waals surface area contributed by atoms with Crippen molar-refractivity contribution < 1.29 is 19.1 Å². The number of hydrogen-bond acceptors (Lipinski definition) is 4. The van der Waals surface area contributed by atoms with Crippen LogP contribution in [0.25, 0.3) is 0 Å². The lowest BCUT2D eigenvalue weighted by Crippen LogP contribution is -2.35. The van der Waals surface area contributed by atoms with Gasteiger partial charge in [0.05, 0.1) is 5.56 Å². The Kier molecular flexibility index (Phi) is 8.41. The van der Waals surface area contributed by atoms with Crippen LogP contribution in [0.5, 0.6) is 0 Å². The van der Waals surface area contributed by atoms with Crippen LogP contribution < -0.4 is 16.0 Å². The minimum Gasteiger partial charge on any atom is -0.444 e. The quantitative estimate of drug-likeness (QED) is 0.557. The van der Waals surface area contributed by atoms with Gasteiger partial charge in [0.25, 0.3) is 5.91 Å². The van der Waals surface area contributed by atoms with Crippen molar-refractivity contribution in [3.05, 3.63) is 64.1 Å². The molecule has 0 spiro atoms. The number of nitrogens with one attached hydrogen (secondary N) is 3. The number of rotatable bonds is 7. The predicted octanol–water partition coefficient (Wildman–Crippen LogP) is 4.23. The Bertz CT molecular complexity index is 909. The van der Waals surface area contributed by atoms with E-state index in [0.717, 1.165) is 5.56 Å². The van der Waals surface area contributed by atoms with Crippen molar-refractivity contribution in [1.82, 2.24) is 10.6 Å².